The van der Waals surface area contributed by atoms with E-state index in [2.05, 4.69) is 26.1 Å². The Morgan fingerprint density at radius 1 is 1.20 bits per heavy atom. The van der Waals surface area contributed by atoms with Gasteiger partial charge in [0.15, 0.2) is 0 Å². The second kappa shape index (κ2) is 5.99. The van der Waals surface area contributed by atoms with Gasteiger partial charge in [-0.1, -0.05) is 12.1 Å². The molecule has 0 saturated heterocycles. The van der Waals surface area contributed by atoms with Crippen LogP contribution in [0.3, 0.4) is 0 Å². The molecule has 20 heavy (non-hydrogen) atoms. The van der Waals surface area contributed by atoms with E-state index < -0.39 is 0 Å². The molecule has 0 radical (unpaired) electrons. The smallest absolute Gasteiger partial charge is 0.257 e. The second-order valence-electron chi connectivity index (χ2n) is 3.93. The number of benzene rings is 1. The van der Waals surface area contributed by atoms with Crippen molar-refractivity contribution in [3.05, 3.63) is 46.1 Å². The van der Waals surface area contributed by atoms with Crippen molar-refractivity contribution in [3.63, 3.8) is 0 Å². The Morgan fingerprint density at radius 3 is 2.80 bits per heavy atom. The molecule has 2 aromatic heterocycles. The van der Waals surface area contributed by atoms with Crippen LogP contribution in [-0.4, -0.2) is 10.2 Å². The summed E-state index contributed by atoms with van der Waals surface area (Å²) in [7, 11) is 0. The number of hydrogen-bond donors (Lipinski definition) is 1. The van der Waals surface area contributed by atoms with Gasteiger partial charge in [0, 0.05) is 10.6 Å². The van der Waals surface area contributed by atoms with Crippen LogP contribution in [0.2, 0.25) is 0 Å². The lowest BCUT2D eigenvalue weighted by Gasteiger charge is -2.01. The summed E-state index contributed by atoms with van der Waals surface area (Å²) >= 11 is 6.57. The van der Waals surface area contributed by atoms with Crippen LogP contribution < -0.4 is 5.73 Å². The number of nitrogen functional groups attached to an aromatic ring is 1. The van der Waals surface area contributed by atoms with E-state index in [-0.39, 0.29) is 0 Å². The molecular formula is C13H10BrN3OS2. The van der Waals surface area contributed by atoms with Crippen molar-refractivity contribution in [2.24, 2.45) is 0 Å². The number of para-hydroxylation sites is 1. The van der Waals surface area contributed by atoms with E-state index in [1.165, 1.54) is 0 Å². The van der Waals surface area contributed by atoms with Crippen LogP contribution in [0, 0.1) is 0 Å². The van der Waals surface area contributed by atoms with Crippen molar-refractivity contribution >= 4 is 44.7 Å². The van der Waals surface area contributed by atoms with Crippen LogP contribution in [0.25, 0.3) is 10.8 Å². The lowest BCUT2D eigenvalue weighted by atomic mass is 10.3. The molecular weight excluding hydrogens is 358 g/mol. The average molecular weight is 368 g/mol. The molecule has 7 heteroatoms. The Balaban J connectivity index is 1.70. The summed E-state index contributed by atoms with van der Waals surface area (Å²) < 4.78 is 6.69. The van der Waals surface area contributed by atoms with Gasteiger partial charge in [0.05, 0.1) is 14.4 Å². The summed E-state index contributed by atoms with van der Waals surface area (Å²) in [6.07, 6.45) is 0. The number of aromatic nitrogens is 2. The van der Waals surface area contributed by atoms with E-state index in [1.807, 2.05) is 36.4 Å². The molecule has 1 aromatic carbocycles. The molecule has 102 valence electrons. The molecule has 0 amide bonds. The van der Waals surface area contributed by atoms with Crippen molar-refractivity contribution in [2.75, 3.05) is 5.73 Å². The van der Waals surface area contributed by atoms with Crippen LogP contribution in [0.5, 0.6) is 0 Å². The molecule has 3 aromatic rings. The first-order valence-corrected chi connectivity index (χ1v) is 8.37. The standard InChI is InChI=1S/C13H10BrN3OS2/c14-11-6-5-10(20-11)13-17-16-12(18-13)7-19-9-4-2-1-3-8(9)15/h1-6H,7,15H2. The minimum atomic E-state index is 0.553. The molecule has 0 saturated carbocycles. The largest absolute Gasteiger partial charge is 0.419 e. The van der Waals surface area contributed by atoms with Crippen LogP contribution in [0.4, 0.5) is 5.69 Å². The Bertz CT molecular complexity index is 726. The fraction of sp³-hybridized carbons (Fsp3) is 0.0769. The lowest BCUT2D eigenvalue weighted by Crippen LogP contribution is -1.88. The molecule has 2 N–H and O–H groups in total. The number of thiophene rings is 1. The molecule has 4 nitrogen and oxygen atoms in total. The molecule has 0 fully saturated rings. The average Bonchev–Trinajstić information content (AvgIpc) is 3.06. The highest BCUT2D eigenvalue weighted by Gasteiger charge is 2.11. The van der Waals surface area contributed by atoms with Gasteiger partial charge in [0.2, 0.25) is 5.89 Å². The van der Waals surface area contributed by atoms with E-state index in [4.69, 9.17) is 10.2 Å². The molecule has 0 spiro atoms. The highest BCUT2D eigenvalue weighted by Crippen LogP contribution is 2.32. The van der Waals surface area contributed by atoms with Crippen LogP contribution >= 0.6 is 39.0 Å². The minimum absolute atomic E-state index is 0.553. The number of thioether (sulfide) groups is 1. The fourth-order valence-corrected chi connectivity index (χ4v) is 3.70. The highest BCUT2D eigenvalue weighted by atomic mass is 79.9. The Hall–Kier alpha value is -1.31. The van der Waals surface area contributed by atoms with Gasteiger partial charge in [-0.25, -0.2) is 0 Å². The van der Waals surface area contributed by atoms with Gasteiger partial charge in [-0.2, -0.15) is 0 Å². The lowest BCUT2D eigenvalue weighted by molar-refractivity contribution is 0.529. The molecule has 2 heterocycles. The van der Waals surface area contributed by atoms with Crippen LogP contribution in [0.15, 0.2) is 49.5 Å². The minimum Gasteiger partial charge on any atom is -0.419 e. The summed E-state index contributed by atoms with van der Waals surface area (Å²) in [5.41, 5.74) is 6.66. The molecule has 0 aliphatic rings. The van der Waals surface area contributed by atoms with Crippen molar-refractivity contribution in [1.82, 2.24) is 10.2 Å². The van der Waals surface area contributed by atoms with Crippen molar-refractivity contribution in [1.29, 1.82) is 0 Å². The van der Waals surface area contributed by atoms with Gasteiger partial charge in [-0.15, -0.1) is 33.3 Å². The zero-order valence-corrected chi connectivity index (χ0v) is 13.5. The normalized spacial score (nSPS) is 10.8. The van der Waals surface area contributed by atoms with E-state index in [0.29, 0.717) is 17.5 Å². The highest BCUT2D eigenvalue weighted by molar-refractivity contribution is 9.11. The number of nitrogens with zero attached hydrogens (tertiary/aromatic N) is 2. The third kappa shape index (κ3) is 3.05. The first-order chi connectivity index (χ1) is 9.72. The monoisotopic (exact) mass is 367 g/mol. The molecule has 0 atom stereocenters. The number of rotatable bonds is 4. The van der Waals surface area contributed by atoms with E-state index in [9.17, 15) is 0 Å². The number of nitrogens with two attached hydrogens (primary N) is 1. The molecule has 0 bridgehead atoms. The van der Waals surface area contributed by atoms with Gasteiger partial charge < -0.3 is 10.2 Å². The fourth-order valence-electron chi connectivity index (χ4n) is 1.59. The quantitative estimate of drug-likeness (QED) is 0.545. The van der Waals surface area contributed by atoms with Gasteiger partial charge >= 0.3 is 0 Å². The third-order valence-corrected chi connectivity index (χ3v) is 5.21. The predicted octanol–water partition coefficient (Wildman–Crippen LogP) is 4.44. The van der Waals surface area contributed by atoms with Crippen molar-refractivity contribution < 1.29 is 4.42 Å². The molecule has 0 aliphatic carbocycles. The number of anilines is 1. The first-order valence-electron chi connectivity index (χ1n) is 5.78. The molecule has 3 rings (SSSR count). The maximum Gasteiger partial charge on any atom is 0.257 e. The summed E-state index contributed by atoms with van der Waals surface area (Å²) in [4.78, 5) is 1.98. The predicted molar refractivity (Wildman–Crippen MR) is 85.7 cm³/mol. The van der Waals surface area contributed by atoms with Gasteiger partial charge in [-0.05, 0) is 40.2 Å². The summed E-state index contributed by atoms with van der Waals surface area (Å²) in [5.74, 6) is 1.75. The topological polar surface area (TPSA) is 64.9 Å². The van der Waals surface area contributed by atoms with Gasteiger partial charge in [0.25, 0.3) is 5.89 Å². The Labute approximate surface area is 132 Å². The van der Waals surface area contributed by atoms with Crippen molar-refractivity contribution in [2.45, 2.75) is 10.6 Å². The third-order valence-electron chi connectivity index (χ3n) is 2.52. The second-order valence-corrected chi connectivity index (χ2v) is 7.41. The SMILES string of the molecule is Nc1ccccc1SCc1nnc(-c2ccc(Br)s2)o1. The maximum absolute atomic E-state index is 5.89. The first kappa shape index (κ1) is 13.7. The Morgan fingerprint density at radius 2 is 2.05 bits per heavy atom. The van der Waals surface area contributed by atoms with Gasteiger partial charge in [0.1, 0.15) is 0 Å². The van der Waals surface area contributed by atoms with Crippen molar-refractivity contribution in [3.8, 4) is 10.8 Å². The zero-order chi connectivity index (χ0) is 13.9. The van der Waals surface area contributed by atoms with E-state index in [1.54, 1.807) is 23.1 Å². The summed E-state index contributed by atoms with van der Waals surface area (Å²) in [6, 6.07) is 11.6. The Kier molecular flexibility index (Phi) is 4.09. The summed E-state index contributed by atoms with van der Waals surface area (Å²) in [5, 5.41) is 8.12. The van der Waals surface area contributed by atoms with Gasteiger partial charge in [-0.3, -0.25) is 0 Å². The van der Waals surface area contributed by atoms with E-state index >= 15 is 0 Å². The van der Waals surface area contributed by atoms with E-state index in [0.717, 1.165) is 19.2 Å². The summed E-state index contributed by atoms with van der Waals surface area (Å²) in [6.45, 7) is 0. The molecule has 0 aliphatic heterocycles. The number of hydrogen-bond acceptors (Lipinski definition) is 6. The maximum atomic E-state index is 5.89. The van der Waals surface area contributed by atoms with Crippen LogP contribution in [-0.2, 0) is 5.75 Å². The number of halogens is 1. The zero-order valence-electron chi connectivity index (χ0n) is 10.2. The van der Waals surface area contributed by atoms with Crippen LogP contribution in [0.1, 0.15) is 5.89 Å². The molecule has 0 unspecified atom stereocenters.